The topological polar surface area (TPSA) is 81.6 Å². The first kappa shape index (κ1) is 10.8. The zero-order valence-electron chi connectivity index (χ0n) is 8.98. The number of carbonyl (C=O) groups is 1. The van der Waals surface area contributed by atoms with Crippen molar-refractivity contribution in [3.63, 3.8) is 0 Å². The molecule has 1 aromatic carbocycles. The predicted molar refractivity (Wildman–Crippen MR) is 62.4 cm³/mol. The molecule has 1 aliphatic rings. The molecule has 5 nitrogen and oxygen atoms in total. The third-order valence-corrected chi connectivity index (χ3v) is 2.68. The summed E-state index contributed by atoms with van der Waals surface area (Å²) in [7, 11) is 0. The number of hydrogen-bond acceptors (Lipinski definition) is 4. The standard InChI is InChI=1S/C11H15N3O2/c12-10-7-8(1-2-9(10)11(13)15)14-3-5-16-6-4-14/h1-2,7H,3-6,12H2,(H2,13,15). The van der Waals surface area contributed by atoms with Crippen LogP contribution in [0.3, 0.4) is 0 Å². The molecule has 1 heterocycles. The molecule has 4 N–H and O–H groups in total. The first-order chi connectivity index (χ1) is 7.68. The number of amides is 1. The van der Waals surface area contributed by atoms with Crippen molar-refractivity contribution < 1.29 is 9.53 Å². The molecule has 86 valence electrons. The highest BCUT2D eigenvalue weighted by atomic mass is 16.5. The van der Waals surface area contributed by atoms with Gasteiger partial charge in [0, 0.05) is 24.5 Å². The number of ether oxygens (including phenoxy) is 1. The minimum Gasteiger partial charge on any atom is -0.398 e. The first-order valence-electron chi connectivity index (χ1n) is 5.20. The second-order valence-electron chi connectivity index (χ2n) is 3.74. The number of carbonyl (C=O) groups excluding carboxylic acids is 1. The van der Waals surface area contributed by atoms with Crippen molar-refractivity contribution in [3.05, 3.63) is 23.8 Å². The lowest BCUT2D eigenvalue weighted by molar-refractivity contribution is 0.100. The largest absolute Gasteiger partial charge is 0.398 e. The van der Waals surface area contributed by atoms with E-state index in [-0.39, 0.29) is 0 Å². The molecule has 0 saturated carbocycles. The van der Waals surface area contributed by atoms with E-state index >= 15 is 0 Å². The fourth-order valence-electron chi connectivity index (χ4n) is 1.79. The molecule has 1 amide bonds. The maximum atomic E-state index is 11.0. The van der Waals surface area contributed by atoms with E-state index in [1.165, 1.54) is 0 Å². The van der Waals surface area contributed by atoms with Crippen LogP contribution >= 0.6 is 0 Å². The fourth-order valence-corrected chi connectivity index (χ4v) is 1.79. The average Bonchev–Trinajstić information content (AvgIpc) is 2.29. The fraction of sp³-hybridized carbons (Fsp3) is 0.364. The Kier molecular flexibility index (Phi) is 2.96. The molecule has 0 aromatic heterocycles. The summed E-state index contributed by atoms with van der Waals surface area (Å²) in [5, 5.41) is 0. The highest BCUT2D eigenvalue weighted by Gasteiger charge is 2.13. The van der Waals surface area contributed by atoms with E-state index < -0.39 is 5.91 Å². The molecule has 0 atom stereocenters. The lowest BCUT2D eigenvalue weighted by Gasteiger charge is -2.29. The van der Waals surface area contributed by atoms with Crippen LogP contribution in [0, 0.1) is 0 Å². The van der Waals surface area contributed by atoms with Gasteiger partial charge in [0.05, 0.1) is 18.8 Å². The van der Waals surface area contributed by atoms with E-state index in [4.69, 9.17) is 16.2 Å². The molecule has 2 rings (SSSR count). The van der Waals surface area contributed by atoms with E-state index in [2.05, 4.69) is 4.90 Å². The van der Waals surface area contributed by atoms with Crippen molar-refractivity contribution in [1.82, 2.24) is 0 Å². The molecule has 1 aliphatic heterocycles. The summed E-state index contributed by atoms with van der Waals surface area (Å²) in [5.74, 6) is -0.494. The molecule has 16 heavy (non-hydrogen) atoms. The number of hydrogen-bond donors (Lipinski definition) is 2. The Morgan fingerprint density at radius 3 is 2.56 bits per heavy atom. The van der Waals surface area contributed by atoms with E-state index in [1.54, 1.807) is 12.1 Å². The van der Waals surface area contributed by atoms with Crippen LogP contribution in [0.4, 0.5) is 11.4 Å². The SMILES string of the molecule is NC(=O)c1ccc(N2CCOCC2)cc1N. The Balaban J connectivity index is 2.23. The van der Waals surface area contributed by atoms with Crippen LogP contribution in [0.15, 0.2) is 18.2 Å². The van der Waals surface area contributed by atoms with Gasteiger partial charge >= 0.3 is 0 Å². The van der Waals surface area contributed by atoms with Gasteiger partial charge in [-0.25, -0.2) is 0 Å². The summed E-state index contributed by atoms with van der Waals surface area (Å²) in [4.78, 5) is 13.2. The van der Waals surface area contributed by atoms with Crippen molar-refractivity contribution in [2.24, 2.45) is 5.73 Å². The highest BCUT2D eigenvalue weighted by Crippen LogP contribution is 2.21. The number of benzene rings is 1. The Morgan fingerprint density at radius 1 is 1.31 bits per heavy atom. The van der Waals surface area contributed by atoms with Crippen molar-refractivity contribution >= 4 is 17.3 Å². The normalized spacial score (nSPS) is 16.1. The van der Waals surface area contributed by atoms with E-state index in [0.717, 1.165) is 32.0 Å². The Bertz CT molecular complexity index is 400. The second-order valence-corrected chi connectivity index (χ2v) is 3.74. The quantitative estimate of drug-likeness (QED) is 0.699. The minimum absolute atomic E-state index is 0.372. The molecule has 1 fully saturated rings. The van der Waals surface area contributed by atoms with Crippen LogP contribution in [0.1, 0.15) is 10.4 Å². The summed E-state index contributed by atoms with van der Waals surface area (Å²) in [6, 6.07) is 5.32. The van der Waals surface area contributed by atoms with Crippen LogP contribution in [0.25, 0.3) is 0 Å². The van der Waals surface area contributed by atoms with Crippen molar-refractivity contribution in [3.8, 4) is 0 Å². The Hall–Kier alpha value is -1.75. The summed E-state index contributed by atoms with van der Waals surface area (Å²) >= 11 is 0. The summed E-state index contributed by atoms with van der Waals surface area (Å²) in [6.45, 7) is 3.12. The van der Waals surface area contributed by atoms with Gasteiger partial charge in [0.15, 0.2) is 0 Å². The molecular formula is C11H15N3O2. The molecule has 0 radical (unpaired) electrons. The number of morpholine rings is 1. The van der Waals surface area contributed by atoms with Crippen molar-refractivity contribution in [1.29, 1.82) is 0 Å². The maximum absolute atomic E-state index is 11.0. The lowest BCUT2D eigenvalue weighted by Crippen LogP contribution is -2.36. The summed E-state index contributed by atoms with van der Waals surface area (Å²) < 4.78 is 5.27. The van der Waals surface area contributed by atoms with Gasteiger partial charge in [-0.05, 0) is 18.2 Å². The van der Waals surface area contributed by atoms with Crippen molar-refractivity contribution in [2.75, 3.05) is 36.9 Å². The Labute approximate surface area is 94.0 Å². The third kappa shape index (κ3) is 2.09. The molecule has 5 heteroatoms. The number of primary amides is 1. The Morgan fingerprint density at radius 2 is 2.00 bits per heavy atom. The van der Waals surface area contributed by atoms with Gasteiger partial charge in [-0.3, -0.25) is 4.79 Å². The van der Waals surface area contributed by atoms with E-state index in [1.807, 2.05) is 6.07 Å². The zero-order valence-corrected chi connectivity index (χ0v) is 8.98. The molecule has 0 aliphatic carbocycles. The molecular weight excluding hydrogens is 206 g/mol. The summed E-state index contributed by atoms with van der Waals surface area (Å²) in [5.41, 5.74) is 12.8. The van der Waals surface area contributed by atoms with Crippen LogP contribution in [-0.2, 0) is 4.74 Å². The number of nitrogens with two attached hydrogens (primary N) is 2. The first-order valence-corrected chi connectivity index (χ1v) is 5.20. The van der Waals surface area contributed by atoms with Crippen LogP contribution in [0.2, 0.25) is 0 Å². The number of rotatable bonds is 2. The minimum atomic E-state index is -0.494. The van der Waals surface area contributed by atoms with Crippen LogP contribution in [0.5, 0.6) is 0 Å². The number of nitrogens with zero attached hydrogens (tertiary/aromatic N) is 1. The number of nitrogen functional groups attached to an aromatic ring is 1. The predicted octanol–water partition coefficient (Wildman–Crippen LogP) is 0.204. The molecule has 1 saturated heterocycles. The van der Waals surface area contributed by atoms with Gasteiger partial charge in [-0.1, -0.05) is 0 Å². The van der Waals surface area contributed by atoms with Gasteiger partial charge < -0.3 is 21.1 Å². The summed E-state index contributed by atoms with van der Waals surface area (Å²) in [6.07, 6.45) is 0. The van der Waals surface area contributed by atoms with Crippen LogP contribution in [-0.4, -0.2) is 32.2 Å². The monoisotopic (exact) mass is 221 g/mol. The van der Waals surface area contributed by atoms with Crippen LogP contribution < -0.4 is 16.4 Å². The molecule has 0 spiro atoms. The average molecular weight is 221 g/mol. The van der Waals surface area contributed by atoms with Gasteiger partial charge in [-0.15, -0.1) is 0 Å². The second kappa shape index (κ2) is 4.40. The van der Waals surface area contributed by atoms with Crippen molar-refractivity contribution in [2.45, 2.75) is 0 Å². The van der Waals surface area contributed by atoms with E-state index in [9.17, 15) is 4.79 Å². The molecule has 0 bridgehead atoms. The zero-order chi connectivity index (χ0) is 11.5. The lowest BCUT2D eigenvalue weighted by atomic mass is 10.1. The van der Waals surface area contributed by atoms with E-state index in [0.29, 0.717) is 11.3 Å². The highest BCUT2D eigenvalue weighted by molar-refractivity contribution is 5.98. The number of anilines is 2. The van der Waals surface area contributed by atoms with Gasteiger partial charge in [0.2, 0.25) is 0 Å². The van der Waals surface area contributed by atoms with Gasteiger partial charge in [0.25, 0.3) is 5.91 Å². The molecule has 1 aromatic rings. The molecule has 0 unspecified atom stereocenters. The van der Waals surface area contributed by atoms with Gasteiger partial charge in [0.1, 0.15) is 0 Å². The maximum Gasteiger partial charge on any atom is 0.250 e. The third-order valence-electron chi connectivity index (χ3n) is 2.68. The smallest absolute Gasteiger partial charge is 0.250 e. The van der Waals surface area contributed by atoms with Gasteiger partial charge in [-0.2, -0.15) is 0 Å².